The molecule has 4 nitrogen and oxygen atoms in total. The predicted octanol–water partition coefficient (Wildman–Crippen LogP) is 8.78. The van der Waals surface area contributed by atoms with Crippen LogP contribution in [0.3, 0.4) is 0 Å². The molecule has 0 radical (unpaired) electrons. The van der Waals surface area contributed by atoms with Gasteiger partial charge in [-0.2, -0.15) is 0 Å². The average molecular weight is 552 g/mol. The zero-order chi connectivity index (χ0) is 29.4. The molecule has 0 saturated heterocycles. The summed E-state index contributed by atoms with van der Waals surface area (Å²) in [5.41, 5.74) is 0. The van der Waals surface area contributed by atoms with Crippen molar-refractivity contribution in [2.45, 2.75) is 116 Å². The van der Waals surface area contributed by atoms with Gasteiger partial charge in [0.1, 0.15) is 0 Å². The Morgan fingerprint density at radius 2 is 1.10 bits per heavy atom. The number of hydrogen-bond donors (Lipinski definition) is 3. The first-order valence-corrected chi connectivity index (χ1v) is 15.5. The Balaban J connectivity index is 3.71. The van der Waals surface area contributed by atoms with Crippen LogP contribution in [0.25, 0.3) is 0 Å². The molecule has 0 aliphatic rings. The number of carbonyl (C=O) groups excluding carboxylic acids is 1. The summed E-state index contributed by atoms with van der Waals surface area (Å²) in [6.45, 7) is 3.94. The summed E-state index contributed by atoms with van der Waals surface area (Å²) in [4.78, 5) is 12.1. The highest BCUT2D eigenvalue weighted by molar-refractivity contribution is 5.76. The summed E-state index contributed by atoms with van der Waals surface area (Å²) in [6.07, 6.45) is 46.8. The van der Waals surface area contributed by atoms with E-state index in [0.29, 0.717) is 6.42 Å². The molecule has 0 bridgehead atoms. The number of rotatable bonds is 25. The molecule has 0 aromatic rings. The van der Waals surface area contributed by atoms with Gasteiger partial charge in [-0.3, -0.25) is 4.79 Å². The van der Waals surface area contributed by atoms with Gasteiger partial charge in [-0.25, -0.2) is 0 Å². The first-order valence-electron chi connectivity index (χ1n) is 15.5. The summed E-state index contributed by atoms with van der Waals surface area (Å²) in [5, 5.41) is 22.2. The van der Waals surface area contributed by atoms with Gasteiger partial charge < -0.3 is 15.5 Å². The van der Waals surface area contributed by atoms with Crippen molar-refractivity contribution in [2.24, 2.45) is 0 Å². The van der Waals surface area contributed by atoms with E-state index in [0.717, 1.165) is 83.5 Å². The van der Waals surface area contributed by atoms with Gasteiger partial charge in [-0.15, -0.1) is 0 Å². The quantitative estimate of drug-likeness (QED) is 0.0784. The van der Waals surface area contributed by atoms with E-state index in [-0.39, 0.29) is 12.5 Å². The molecule has 1 amide bonds. The van der Waals surface area contributed by atoms with Crippen molar-refractivity contribution in [3.8, 4) is 0 Å². The maximum atomic E-state index is 12.1. The number of hydrogen-bond acceptors (Lipinski definition) is 3. The van der Waals surface area contributed by atoms with Gasteiger partial charge in [-0.1, -0.05) is 124 Å². The summed E-state index contributed by atoms with van der Waals surface area (Å²) in [7, 11) is 0. The fraction of sp³-hybridized carbons (Fsp3) is 0.528. The zero-order valence-electron chi connectivity index (χ0n) is 25.3. The molecule has 2 atom stereocenters. The highest BCUT2D eigenvalue weighted by Gasteiger charge is 2.17. The van der Waals surface area contributed by atoms with Crippen LogP contribution >= 0.6 is 0 Å². The average Bonchev–Trinajstić information content (AvgIpc) is 2.96. The lowest BCUT2D eigenvalue weighted by molar-refractivity contribution is -0.123. The number of aliphatic hydroxyl groups excluding tert-OH is 2. The van der Waals surface area contributed by atoms with E-state index in [1.807, 2.05) is 6.08 Å². The van der Waals surface area contributed by atoms with Crippen LogP contribution in [0, 0.1) is 0 Å². The van der Waals surface area contributed by atoms with Crippen molar-refractivity contribution in [3.05, 3.63) is 97.2 Å². The molecule has 224 valence electrons. The number of aliphatic hydroxyl groups is 2. The maximum absolute atomic E-state index is 12.1. The van der Waals surface area contributed by atoms with Crippen molar-refractivity contribution in [2.75, 3.05) is 6.61 Å². The Labute approximate surface area is 245 Å². The lowest BCUT2D eigenvalue weighted by Crippen LogP contribution is -2.45. The molecular formula is C36H57NO3. The molecule has 2 unspecified atom stereocenters. The predicted molar refractivity (Wildman–Crippen MR) is 174 cm³/mol. The van der Waals surface area contributed by atoms with Gasteiger partial charge in [0.05, 0.1) is 18.8 Å². The number of nitrogens with one attached hydrogen (secondary N) is 1. The van der Waals surface area contributed by atoms with Gasteiger partial charge >= 0.3 is 0 Å². The minimum atomic E-state index is -0.855. The summed E-state index contributed by atoms with van der Waals surface area (Å²) >= 11 is 0. The van der Waals surface area contributed by atoms with Crippen molar-refractivity contribution in [1.82, 2.24) is 5.32 Å². The Morgan fingerprint density at radius 3 is 1.55 bits per heavy atom. The third kappa shape index (κ3) is 26.9. The Hall–Kier alpha value is -2.69. The Morgan fingerprint density at radius 1 is 0.625 bits per heavy atom. The molecule has 4 heteroatoms. The highest BCUT2D eigenvalue weighted by atomic mass is 16.3. The smallest absolute Gasteiger partial charge is 0.220 e. The van der Waals surface area contributed by atoms with E-state index in [4.69, 9.17) is 0 Å². The molecule has 40 heavy (non-hydrogen) atoms. The lowest BCUT2D eigenvalue weighted by Gasteiger charge is -2.19. The first kappa shape index (κ1) is 37.3. The Kier molecular flexibility index (Phi) is 28.8. The highest BCUT2D eigenvalue weighted by Crippen LogP contribution is 2.06. The van der Waals surface area contributed by atoms with E-state index in [2.05, 4.69) is 104 Å². The topological polar surface area (TPSA) is 69.6 Å². The molecule has 0 fully saturated rings. The molecule has 0 aliphatic heterocycles. The van der Waals surface area contributed by atoms with Crippen LogP contribution in [-0.2, 0) is 4.79 Å². The molecule has 0 saturated carbocycles. The zero-order valence-corrected chi connectivity index (χ0v) is 25.3. The van der Waals surface area contributed by atoms with Crippen LogP contribution in [0.5, 0.6) is 0 Å². The second kappa shape index (κ2) is 30.8. The van der Waals surface area contributed by atoms with Crippen LogP contribution in [0.15, 0.2) is 97.2 Å². The third-order valence-electron chi connectivity index (χ3n) is 6.05. The molecule has 0 rings (SSSR count). The van der Waals surface area contributed by atoms with Crippen molar-refractivity contribution < 1.29 is 15.0 Å². The Bertz CT molecular complexity index is 814. The van der Waals surface area contributed by atoms with Crippen LogP contribution in [-0.4, -0.2) is 34.9 Å². The molecule has 0 spiro atoms. The summed E-state index contributed by atoms with van der Waals surface area (Å²) in [6, 6.07) is -0.641. The van der Waals surface area contributed by atoms with Crippen molar-refractivity contribution >= 4 is 5.91 Å². The number of allylic oxidation sites excluding steroid dienone is 15. The molecule has 0 aliphatic carbocycles. The standard InChI is InChI=1S/C36H57NO3/c1-3-5-7-8-9-10-11-12-13-14-15-16-17-18-19-20-21-22-23-24-25-26-27-28-30-32-36(40)37-34(33-38)35(39)31-29-6-4-2/h5,7,9-10,12-13,15-16,18-19,21-22,24-25,29,31,34-35,38-39H,3-4,6,8,11,14,17,20,23,26-28,30,32-33H2,1-2H3,(H,37,40)/b7-5-,10-9-,13-12-,16-15-,19-18-,22-21-,25-24-,31-29+. The van der Waals surface area contributed by atoms with Crippen LogP contribution in [0.1, 0.15) is 104 Å². The molecule has 0 aromatic heterocycles. The number of carbonyl (C=O) groups is 1. The third-order valence-corrected chi connectivity index (χ3v) is 6.05. The first-order chi connectivity index (χ1) is 19.7. The summed E-state index contributed by atoms with van der Waals surface area (Å²) in [5.74, 6) is -0.116. The molecule has 0 heterocycles. The minimum Gasteiger partial charge on any atom is -0.394 e. The van der Waals surface area contributed by atoms with Gasteiger partial charge in [0, 0.05) is 6.42 Å². The van der Waals surface area contributed by atoms with E-state index in [1.165, 1.54) is 0 Å². The molecule has 3 N–H and O–H groups in total. The maximum Gasteiger partial charge on any atom is 0.220 e. The van der Waals surface area contributed by atoms with Crippen LogP contribution in [0.4, 0.5) is 0 Å². The number of amides is 1. The SMILES string of the molecule is CC/C=C\C/C=C\C/C=C\C/C=C\C/C=C\C/C=C\C/C=C\CCCCCC(=O)NC(CO)C(O)/C=C/CCC. The van der Waals surface area contributed by atoms with Gasteiger partial charge in [0.15, 0.2) is 0 Å². The minimum absolute atomic E-state index is 0.116. The van der Waals surface area contributed by atoms with E-state index >= 15 is 0 Å². The van der Waals surface area contributed by atoms with Crippen molar-refractivity contribution in [3.63, 3.8) is 0 Å². The summed E-state index contributed by atoms with van der Waals surface area (Å²) < 4.78 is 0. The van der Waals surface area contributed by atoms with Crippen LogP contribution in [0.2, 0.25) is 0 Å². The van der Waals surface area contributed by atoms with Gasteiger partial charge in [-0.05, 0) is 70.6 Å². The van der Waals surface area contributed by atoms with Gasteiger partial charge in [0.2, 0.25) is 5.91 Å². The van der Waals surface area contributed by atoms with E-state index in [1.54, 1.807) is 6.08 Å². The monoisotopic (exact) mass is 551 g/mol. The largest absolute Gasteiger partial charge is 0.394 e. The normalized spacial score (nSPS) is 14.6. The fourth-order valence-corrected chi connectivity index (χ4v) is 3.69. The second-order valence-electron chi connectivity index (χ2n) is 9.79. The van der Waals surface area contributed by atoms with Crippen LogP contribution < -0.4 is 5.32 Å². The second-order valence-corrected chi connectivity index (χ2v) is 9.79. The molecule has 0 aromatic carbocycles. The van der Waals surface area contributed by atoms with Crippen molar-refractivity contribution in [1.29, 1.82) is 0 Å². The van der Waals surface area contributed by atoms with E-state index < -0.39 is 12.1 Å². The fourth-order valence-electron chi connectivity index (χ4n) is 3.69. The molecular weight excluding hydrogens is 494 g/mol. The van der Waals surface area contributed by atoms with Gasteiger partial charge in [0.25, 0.3) is 0 Å². The number of unbranched alkanes of at least 4 members (excludes halogenated alkanes) is 4. The van der Waals surface area contributed by atoms with E-state index in [9.17, 15) is 15.0 Å². The lowest BCUT2D eigenvalue weighted by atomic mass is 10.1.